The zero-order valence-electron chi connectivity index (χ0n) is 21.9. The molecule has 1 nitrogen and oxygen atoms in total. The van der Waals surface area contributed by atoms with Crippen molar-refractivity contribution in [2.45, 2.75) is 69.2 Å². The van der Waals surface area contributed by atoms with Crippen LogP contribution < -0.4 is 5.32 Å². The first-order valence-corrected chi connectivity index (χ1v) is 13.6. The van der Waals surface area contributed by atoms with Crippen LogP contribution in [-0.4, -0.2) is 0 Å². The SMILES string of the molecule is CC.CC.Cc1sc(-c2ccc(Nc3ccc(-c4sc(C)c(C)c4C)cc3)cc2)c(C)c1C. The minimum absolute atomic E-state index is 1.11. The maximum atomic E-state index is 3.53. The third kappa shape index (κ3) is 5.96. The molecule has 0 saturated carbocycles. The lowest BCUT2D eigenvalue weighted by atomic mass is 10.1. The van der Waals surface area contributed by atoms with Gasteiger partial charge in [-0.15, -0.1) is 22.7 Å². The summed E-state index contributed by atoms with van der Waals surface area (Å²) in [5.74, 6) is 0. The Hall–Kier alpha value is -2.36. The minimum atomic E-state index is 1.11. The van der Waals surface area contributed by atoms with Gasteiger partial charge < -0.3 is 5.32 Å². The maximum Gasteiger partial charge on any atom is 0.0384 e. The molecule has 0 spiro atoms. The van der Waals surface area contributed by atoms with Gasteiger partial charge in [0.2, 0.25) is 0 Å². The Labute approximate surface area is 209 Å². The van der Waals surface area contributed by atoms with E-state index in [2.05, 4.69) is 95.4 Å². The van der Waals surface area contributed by atoms with Crippen LogP contribution in [0.5, 0.6) is 0 Å². The molecule has 0 aliphatic heterocycles. The molecular formula is C30H39NS2. The predicted molar refractivity (Wildman–Crippen MR) is 154 cm³/mol. The summed E-state index contributed by atoms with van der Waals surface area (Å²) in [5, 5.41) is 3.53. The molecule has 2 heterocycles. The van der Waals surface area contributed by atoms with Crippen molar-refractivity contribution in [2.24, 2.45) is 0 Å². The minimum Gasteiger partial charge on any atom is -0.356 e. The van der Waals surface area contributed by atoms with Crippen molar-refractivity contribution in [3.05, 3.63) is 80.5 Å². The fourth-order valence-corrected chi connectivity index (χ4v) is 5.95. The predicted octanol–water partition coefficient (Wildman–Crippen LogP) is 10.8. The second-order valence-electron chi connectivity index (χ2n) is 7.75. The standard InChI is InChI=1S/C26H27NS2.2C2H6/c1-15-17(3)25(28-19(15)5)21-7-11-23(12-8-21)27-24-13-9-22(10-14-24)26-18(4)16(2)20(6)29-26;2*1-2/h7-14,27H,1-6H3;2*1-2H3. The van der Waals surface area contributed by atoms with E-state index in [4.69, 9.17) is 0 Å². The Morgan fingerprint density at radius 3 is 1.00 bits per heavy atom. The number of rotatable bonds is 4. The second kappa shape index (κ2) is 12.2. The van der Waals surface area contributed by atoms with Crippen molar-refractivity contribution in [1.82, 2.24) is 0 Å². The number of benzene rings is 2. The summed E-state index contributed by atoms with van der Waals surface area (Å²) < 4.78 is 0. The number of thiophene rings is 2. The third-order valence-electron chi connectivity index (χ3n) is 5.96. The molecule has 176 valence electrons. The molecule has 33 heavy (non-hydrogen) atoms. The van der Waals surface area contributed by atoms with Crippen LogP contribution in [0.25, 0.3) is 20.9 Å². The van der Waals surface area contributed by atoms with Crippen LogP contribution in [0.15, 0.2) is 48.5 Å². The molecule has 0 fully saturated rings. The van der Waals surface area contributed by atoms with Gasteiger partial charge in [0, 0.05) is 30.9 Å². The van der Waals surface area contributed by atoms with Gasteiger partial charge in [-0.2, -0.15) is 0 Å². The highest BCUT2D eigenvalue weighted by Gasteiger charge is 2.11. The molecule has 0 amide bonds. The van der Waals surface area contributed by atoms with Crippen LogP contribution in [0.2, 0.25) is 0 Å². The molecule has 4 rings (SSSR count). The second-order valence-corrected chi connectivity index (χ2v) is 10.2. The summed E-state index contributed by atoms with van der Waals surface area (Å²) in [6, 6.07) is 17.5. The highest BCUT2D eigenvalue weighted by Crippen LogP contribution is 2.37. The van der Waals surface area contributed by atoms with Crippen LogP contribution in [-0.2, 0) is 0 Å². The molecule has 0 saturated heterocycles. The van der Waals surface area contributed by atoms with Gasteiger partial charge in [-0.25, -0.2) is 0 Å². The summed E-state index contributed by atoms with van der Waals surface area (Å²) in [6.07, 6.45) is 0. The highest BCUT2D eigenvalue weighted by atomic mass is 32.1. The molecule has 0 unspecified atom stereocenters. The van der Waals surface area contributed by atoms with Gasteiger partial charge in [-0.3, -0.25) is 0 Å². The topological polar surface area (TPSA) is 12.0 Å². The number of nitrogens with one attached hydrogen (secondary N) is 1. The Morgan fingerprint density at radius 1 is 0.455 bits per heavy atom. The van der Waals surface area contributed by atoms with Crippen LogP contribution in [0.3, 0.4) is 0 Å². The van der Waals surface area contributed by atoms with Gasteiger partial charge in [-0.1, -0.05) is 52.0 Å². The number of anilines is 2. The van der Waals surface area contributed by atoms with Crippen molar-refractivity contribution in [2.75, 3.05) is 5.32 Å². The monoisotopic (exact) mass is 477 g/mol. The van der Waals surface area contributed by atoms with Crippen LogP contribution in [0.1, 0.15) is 59.7 Å². The van der Waals surface area contributed by atoms with Gasteiger partial charge in [-0.05, 0) is 99.2 Å². The molecule has 0 radical (unpaired) electrons. The zero-order chi connectivity index (χ0) is 24.7. The van der Waals surface area contributed by atoms with Gasteiger partial charge >= 0.3 is 0 Å². The first-order chi connectivity index (χ1) is 15.8. The lowest BCUT2D eigenvalue weighted by molar-refractivity contribution is 1.35. The molecule has 3 heteroatoms. The van der Waals surface area contributed by atoms with Crippen molar-refractivity contribution < 1.29 is 0 Å². The Kier molecular flexibility index (Phi) is 9.94. The van der Waals surface area contributed by atoms with E-state index in [0.717, 1.165) is 11.4 Å². The fourth-order valence-electron chi connectivity index (χ4n) is 3.61. The van der Waals surface area contributed by atoms with E-state index >= 15 is 0 Å². The van der Waals surface area contributed by atoms with Gasteiger partial charge in [0.25, 0.3) is 0 Å². The highest BCUT2D eigenvalue weighted by molar-refractivity contribution is 7.16. The van der Waals surface area contributed by atoms with Crippen LogP contribution in [0.4, 0.5) is 11.4 Å². The Bertz CT molecular complexity index is 1070. The van der Waals surface area contributed by atoms with E-state index in [1.54, 1.807) is 0 Å². The number of aryl methyl sites for hydroxylation is 2. The molecule has 0 atom stereocenters. The first-order valence-electron chi connectivity index (χ1n) is 12.0. The zero-order valence-corrected chi connectivity index (χ0v) is 23.6. The first kappa shape index (κ1) is 26.9. The molecule has 1 N–H and O–H groups in total. The van der Waals surface area contributed by atoms with Crippen molar-refractivity contribution in [3.63, 3.8) is 0 Å². The average Bonchev–Trinajstić information content (AvgIpc) is 3.27. The number of hydrogen-bond acceptors (Lipinski definition) is 3. The number of hydrogen-bond donors (Lipinski definition) is 1. The molecule has 2 aromatic carbocycles. The van der Waals surface area contributed by atoms with E-state index in [9.17, 15) is 0 Å². The van der Waals surface area contributed by atoms with Crippen molar-refractivity contribution in [1.29, 1.82) is 0 Å². The van der Waals surface area contributed by atoms with Crippen LogP contribution in [0, 0.1) is 41.5 Å². The smallest absolute Gasteiger partial charge is 0.0384 e. The lowest BCUT2D eigenvalue weighted by Gasteiger charge is -2.09. The van der Waals surface area contributed by atoms with Gasteiger partial charge in [0.15, 0.2) is 0 Å². The van der Waals surface area contributed by atoms with Crippen molar-refractivity contribution >= 4 is 34.0 Å². The summed E-state index contributed by atoms with van der Waals surface area (Å²) in [4.78, 5) is 5.58. The molecular weight excluding hydrogens is 438 g/mol. The fraction of sp³-hybridized carbons (Fsp3) is 0.333. The van der Waals surface area contributed by atoms with Gasteiger partial charge in [0.1, 0.15) is 0 Å². The molecule has 2 aromatic heterocycles. The normalized spacial score (nSPS) is 10.1. The van der Waals surface area contributed by atoms with Crippen LogP contribution >= 0.6 is 22.7 Å². The molecule has 0 aliphatic rings. The van der Waals surface area contributed by atoms with Gasteiger partial charge in [0.05, 0.1) is 0 Å². The lowest BCUT2D eigenvalue weighted by Crippen LogP contribution is -1.90. The summed E-state index contributed by atoms with van der Waals surface area (Å²) in [6.45, 7) is 21.3. The largest absolute Gasteiger partial charge is 0.356 e. The Balaban J connectivity index is 0.000000914. The van der Waals surface area contributed by atoms with E-state index in [-0.39, 0.29) is 0 Å². The molecule has 0 bridgehead atoms. The third-order valence-corrected chi connectivity index (χ3v) is 8.67. The van der Waals surface area contributed by atoms with Crippen molar-refractivity contribution in [3.8, 4) is 20.9 Å². The summed E-state index contributed by atoms with van der Waals surface area (Å²) >= 11 is 3.78. The summed E-state index contributed by atoms with van der Waals surface area (Å²) in [7, 11) is 0. The quantitative estimate of drug-likeness (QED) is 0.308. The van der Waals surface area contributed by atoms with E-state index < -0.39 is 0 Å². The van der Waals surface area contributed by atoms with E-state index in [1.165, 1.54) is 52.9 Å². The average molecular weight is 478 g/mol. The molecule has 4 aromatic rings. The Morgan fingerprint density at radius 2 is 0.758 bits per heavy atom. The molecule has 0 aliphatic carbocycles. The van der Waals surface area contributed by atoms with E-state index in [0.29, 0.717) is 0 Å². The maximum absolute atomic E-state index is 3.53. The summed E-state index contributed by atoms with van der Waals surface area (Å²) in [5.41, 5.74) is 10.5. The van der Waals surface area contributed by atoms with E-state index in [1.807, 2.05) is 50.4 Å².